The molecule has 11 heavy (non-hydrogen) atoms. The first-order valence-electron chi connectivity index (χ1n) is 4.08. The minimum atomic E-state index is 0.958. The second-order valence-electron chi connectivity index (χ2n) is 3.01. The molecule has 0 unspecified atom stereocenters. The molecule has 58 valence electrons. The molecule has 1 aromatic heterocycles. The first kappa shape index (κ1) is 6.65. The molecule has 1 aliphatic carbocycles. The predicted molar refractivity (Wildman–Crippen MR) is 42.0 cm³/mol. The number of aryl methyl sites for hydroxylation is 1. The summed E-state index contributed by atoms with van der Waals surface area (Å²) < 4.78 is 1.01. The van der Waals surface area contributed by atoms with Crippen LogP contribution in [0.2, 0.25) is 0 Å². The van der Waals surface area contributed by atoms with Gasteiger partial charge in [0, 0.05) is 18.1 Å². The van der Waals surface area contributed by atoms with E-state index in [0.717, 1.165) is 23.3 Å². The lowest BCUT2D eigenvalue weighted by molar-refractivity contribution is -0.614. The second kappa shape index (κ2) is 2.53. The van der Waals surface area contributed by atoms with Crippen molar-refractivity contribution in [2.45, 2.75) is 25.7 Å². The lowest BCUT2D eigenvalue weighted by Gasteiger charge is -2.13. The van der Waals surface area contributed by atoms with Gasteiger partial charge in [-0.2, -0.15) is 4.73 Å². The van der Waals surface area contributed by atoms with Gasteiger partial charge in [0.05, 0.1) is 0 Å². The molecule has 0 aromatic carbocycles. The Morgan fingerprint density at radius 1 is 1.27 bits per heavy atom. The molecule has 0 saturated carbocycles. The van der Waals surface area contributed by atoms with Crippen LogP contribution in [-0.2, 0) is 12.8 Å². The fourth-order valence-corrected chi connectivity index (χ4v) is 1.67. The van der Waals surface area contributed by atoms with Crippen molar-refractivity contribution in [2.24, 2.45) is 0 Å². The zero-order valence-corrected chi connectivity index (χ0v) is 6.42. The van der Waals surface area contributed by atoms with Crippen molar-refractivity contribution >= 4 is 0 Å². The topological polar surface area (TPSA) is 26.9 Å². The summed E-state index contributed by atoms with van der Waals surface area (Å²) >= 11 is 0. The van der Waals surface area contributed by atoms with E-state index in [0.29, 0.717) is 0 Å². The van der Waals surface area contributed by atoms with E-state index in [-0.39, 0.29) is 0 Å². The van der Waals surface area contributed by atoms with Crippen molar-refractivity contribution in [3.63, 3.8) is 0 Å². The van der Waals surface area contributed by atoms with Crippen molar-refractivity contribution in [1.29, 1.82) is 0 Å². The molecule has 0 bridgehead atoms. The summed E-state index contributed by atoms with van der Waals surface area (Å²) in [5, 5.41) is 11.2. The van der Waals surface area contributed by atoms with Crippen LogP contribution >= 0.6 is 0 Å². The van der Waals surface area contributed by atoms with E-state index >= 15 is 0 Å². The molecule has 2 heteroatoms. The maximum absolute atomic E-state index is 11.2. The van der Waals surface area contributed by atoms with Crippen LogP contribution in [0.15, 0.2) is 18.3 Å². The molecule has 1 aromatic rings. The molecule has 0 spiro atoms. The highest BCUT2D eigenvalue weighted by Gasteiger charge is 2.15. The summed E-state index contributed by atoms with van der Waals surface area (Å²) in [5.74, 6) is 0. The molecular weight excluding hydrogens is 138 g/mol. The quantitative estimate of drug-likeness (QED) is 0.402. The Hall–Kier alpha value is -1.05. The van der Waals surface area contributed by atoms with Crippen LogP contribution in [-0.4, -0.2) is 0 Å². The van der Waals surface area contributed by atoms with E-state index < -0.39 is 0 Å². The lowest BCUT2D eigenvalue weighted by Crippen LogP contribution is -2.33. The first-order chi connectivity index (χ1) is 5.38. The molecule has 0 fully saturated rings. The van der Waals surface area contributed by atoms with Gasteiger partial charge in [-0.05, 0) is 25.3 Å². The van der Waals surface area contributed by atoms with Crippen molar-refractivity contribution in [2.75, 3.05) is 0 Å². The van der Waals surface area contributed by atoms with Gasteiger partial charge in [0.2, 0.25) is 0 Å². The van der Waals surface area contributed by atoms with E-state index in [1.807, 2.05) is 6.07 Å². The van der Waals surface area contributed by atoms with E-state index in [9.17, 15) is 5.21 Å². The van der Waals surface area contributed by atoms with Gasteiger partial charge in [-0.3, -0.25) is 0 Å². The molecule has 0 aliphatic heterocycles. The normalized spacial score (nSPS) is 16.0. The average molecular weight is 149 g/mol. The van der Waals surface area contributed by atoms with E-state index in [1.54, 1.807) is 6.20 Å². The second-order valence-corrected chi connectivity index (χ2v) is 3.01. The van der Waals surface area contributed by atoms with E-state index in [2.05, 4.69) is 6.07 Å². The van der Waals surface area contributed by atoms with Crippen molar-refractivity contribution < 1.29 is 4.73 Å². The van der Waals surface area contributed by atoms with E-state index in [4.69, 9.17) is 0 Å². The first-order valence-corrected chi connectivity index (χ1v) is 4.08. The minimum absolute atomic E-state index is 0.958. The number of fused-ring (bicyclic) bond motifs is 1. The Morgan fingerprint density at radius 2 is 2.09 bits per heavy atom. The molecule has 1 heterocycles. The smallest absolute Gasteiger partial charge is 0.195 e. The molecule has 0 atom stereocenters. The highest BCUT2D eigenvalue weighted by atomic mass is 16.5. The lowest BCUT2D eigenvalue weighted by atomic mass is 9.96. The highest BCUT2D eigenvalue weighted by Crippen LogP contribution is 2.16. The summed E-state index contributed by atoms with van der Waals surface area (Å²) in [6.07, 6.45) is 6.03. The molecule has 1 aliphatic rings. The zero-order valence-electron chi connectivity index (χ0n) is 6.42. The van der Waals surface area contributed by atoms with Crippen molar-refractivity contribution in [1.82, 2.24) is 0 Å². The molecule has 2 rings (SSSR count). The largest absolute Gasteiger partial charge is 0.618 e. The number of aromatic nitrogens is 1. The Labute approximate surface area is 66.1 Å². The number of nitrogens with zero attached hydrogens (tertiary/aromatic N) is 1. The SMILES string of the molecule is [O-][n+]1cccc2c1CCCC2. The number of rotatable bonds is 0. The summed E-state index contributed by atoms with van der Waals surface area (Å²) in [6.45, 7) is 0. The average Bonchev–Trinajstić information content (AvgIpc) is 2.06. The summed E-state index contributed by atoms with van der Waals surface area (Å²) in [7, 11) is 0. The maximum atomic E-state index is 11.2. The van der Waals surface area contributed by atoms with Gasteiger partial charge in [0.15, 0.2) is 11.9 Å². The highest BCUT2D eigenvalue weighted by molar-refractivity contribution is 5.18. The monoisotopic (exact) mass is 149 g/mol. The summed E-state index contributed by atoms with van der Waals surface area (Å²) in [6, 6.07) is 3.89. The van der Waals surface area contributed by atoms with E-state index in [1.165, 1.54) is 18.4 Å². The number of pyridine rings is 1. The van der Waals surface area contributed by atoms with Crippen LogP contribution < -0.4 is 4.73 Å². The predicted octanol–water partition coefficient (Wildman–Crippen LogP) is 1.20. The summed E-state index contributed by atoms with van der Waals surface area (Å²) in [5.41, 5.74) is 2.23. The van der Waals surface area contributed by atoms with Crippen LogP contribution in [0.5, 0.6) is 0 Å². The summed E-state index contributed by atoms with van der Waals surface area (Å²) in [4.78, 5) is 0. The third-order valence-electron chi connectivity index (χ3n) is 2.27. The van der Waals surface area contributed by atoms with Crippen LogP contribution in [0, 0.1) is 5.21 Å². The maximum Gasteiger partial charge on any atom is 0.195 e. The van der Waals surface area contributed by atoms with Gasteiger partial charge < -0.3 is 5.21 Å². The Kier molecular flexibility index (Phi) is 1.53. The Balaban J connectivity index is 2.49. The molecule has 0 saturated heterocycles. The van der Waals surface area contributed by atoms with Crippen molar-refractivity contribution in [3.8, 4) is 0 Å². The fourth-order valence-electron chi connectivity index (χ4n) is 1.67. The molecule has 0 radical (unpaired) electrons. The molecule has 0 N–H and O–H groups in total. The number of hydrogen-bond acceptors (Lipinski definition) is 1. The zero-order chi connectivity index (χ0) is 7.68. The van der Waals surface area contributed by atoms with Gasteiger partial charge in [-0.15, -0.1) is 0 Å². The van der Waals surface area contributed by atoms with Crippen LogP contribution in [0.25, 0.3) is 0 Å². The van der Waals surface area contributed by atoms with Crippen LogP contribution in [0.4, 0.5) is 0 Å². The van der Waals surface area contributed by atoms with Gasteiger partial charge in [-0.1, -0.05) is 0 Å². The minimum Gasteiger partial charge on any atom is -0.618 e. The number of hydrogen-bond donors (Lipinski definition) is 0. The Morgan fingerprint density at radius 3 is 2.91 bits per heavy atom. The van der Waals surface area contributed by atoms with Gasteiger partial charge in [-0.25, -0.2) is 0 Å². The van der Waals surface area contributed by atoms with Gasteiger partial charge >= 0.3 is 0 Å². The van der Waals surface area contributed by atoms with Crippen molar-refractivity contribution in [3.05, 3.63) is 34.8 Å². The van der Waals surface area contributed by atoms with Crippen LogP contribution in [0.3, 0.4) is 0 Å². The van der Waals surface area contributed by atoms with Gasteiger partial charge in [0.1, 0.15) is 0 Å². The fraction of sp³-hybridized carbons (Fsp3) is 0.444. The van der Waals surface area contributed by atoms with Crippen LogP contribution in [0.1, 0.15) is 24.1 Å². The molecular formula is C9H11NO. The Bertz CT molecular complexity index is 270. The molecule has 0 amide bonds. The van der Waals surface area contributed by atoms with Gasteiger partial charge in [0.25, 0.3) is 0 Å². The third-order valence-corrected chi connectivity index (χ3v) is 2.27. The standard InChI is InChI=1S/C9H11NO/c11-10-7-3-5-8-4-1-2-6-9(8)10/h3,5,7H,1-2,4,6H2. The molecule has 2 nitrogen and oxygen atoms in total. The third kappa shape index (κ3) is 1.09.